The van der Waals surface area contributed by atoms with E-state index in [0.717, 1.165) is 30.7 Å². The van der Waals surface area contributed by atoms with E-state index < -0.39 is 0 Å². The van der Waals surface area contributed by atoms with Crippen LogP contribution in [-0.2, 0) is 17.4 Å². The van der Waals surface area contributed by atoms with Crippen LogP contribution in [0.4, 0.5) is 0 Å². The van der Waals surface area contributed by atoms with Gasteiger partial charge in [-0.25, -0.2) is 9.36 Å². The summed E-state index contributed by atoms with van der Waals surface area (Å²) in [6.45, 7) is 15.2. The predicted molar refractivity (Wildman–Crippen MR) is 91.4 cm³/mol. The molecule has 2 rings (SSSR count). The molecule has 0 unspecified atom stereocenters. The van der Waals surface area contributed by atoms with Crippen molar-refractivity contribution in [2.75, 3.05) is 0 Å². The molecule has 6 heteroatoms. The van der Waals surface area contributed by atoms with Crippen molar-refractivity contribution >= 4 is 0 Å². The molecule has 0 aromatic carbocycles. The third-order valence-corrected chi connectivity index (χ3v) is 4.43. The van der Waals surface area contributed by atoms with Gasteiger partial charge in [0.2, 0.25) is 0 Å². The Morgan fingerprint density at radius 1 is 1.04 bits per heavy atom. The lowest BCUT2D eigenvalue weighted by Gasteiger charge is -2.26. The van der Waals surface area contributed by atoms with E-state index in [9.17, 15) is 0 Å². The van der Waals surface area contributed by atoms with Gasteiger partial charge in [-0.2, -0.15) is 0 Å². The van der Waals surface area contributed by atoms with Crippen molar-refractivity contribution in [2.45, 2.75) is 84.7 Å². The molecule has 2 aromatic heterocycles. The van der Waals surface area contributed by atoms with E-state index in [1.165, 1.54) is 0 Å². The highest BCUT2D eigenvalue weighted by Crippen LogP contribution is 2.27. The maximum absolute atomic E-state index is 4.35. The van der Waals surface area contributed by atoms with Gasteiger partial charge in [-0.05, 0) is 40.0 Å². The van der Waals surface area contributed by atoms with Crippen LogP contribution in [0.3, 0.4) is 0 Å². The van der Waals surface area contributed by atoms with Crippen LogP contribution >= 0.6 is 0 Å². The van der Waals surface area contributed by atoms with Gasteiger partial charge in [0.1, 0.15) is 0 Å². The summed E-state index contributed by atoms with van der Waals surface area (Å²) in [6.07, 6.45) is 7.07. The van der Waals surface area contributed by atoms with Gasteiger partial charge in [0.15, 0.2) is 0 Å². The average Bonchev–Trinajstić information content (AvgIpc) is 3.12. The van der Waals surface area contributed by atoms with E-state index in [1.807, 2.05) is 15.6 Å². The van der Waals surface area contributed by atoms with Crippen LogP contribution in [0.5, 0.6) is 0 Å². The van der Waals surface area contributed by atoms with Crippen LogP contribution in [0.1, 0.15) is 78.7 Å². The standard InChI is InChI=1S/C17H30N6/c1-8-14-11-22(20-18-14)13(2)9-10-17(6,7)23-12-15(19-21-23)16(3,4)5/h11-13H,8-10H2,1-7H3/t13-/m0/s1. The largest absolute Gasteiger partial charge is 0.250 e. The van der Waals surface area contributed by atoms with Crippen LogP contribution in [0.2, 0.25) is 0 Å². The van der Waals surface area contributed by atoms with E-state index in [-0.39, 0.29) is 11.0 Å². The Labute approximate surface area is 139 Å². The Bertz CT molecular complexity index is 632. The van der Waals surface area contributed by atoms with Crippen LogP contribution in [0.15, 0.2) is 12.4 Å². The van der Waals surface area contributed by atoms with Crippen molar-refractivity contribution < 1.29 is 0 Å². The molecule has 2 aromatic rings. The van der Waals surface area contributed by atoms with E-state index in [2.05, 4.69) is 75.3 Å². The maximum atomic E-state index is 4.35. The van der Waals surface area contributed by atoms with Gasteiger partial charge in [-0.3, -0.25) is 0 Å². The molecule has 0 saturated heterocycles. The molecule has 0 aliphatic carbocycles. The molecule has 0 amide bonds. The third kappa shape index (κ3) is 4.18. The lowest BCUT2D eigenvalue weighted by molar-refractivity contribution is 0.259. The summed E-state index contributed by atoms with van der Waals surface area (Å²) in [5.74, 6) is 0. The minimum atomic E-state index is -0.0705. The van der Waals surface area contributed by atoms with Crippen LogP contribution in [0.25, 0.3) is 0 Å². The van der Waals surface area contributed by atoms with Gasteiger partial charge < -0.3 is 0 Å². The zero-order valence-corrected chi connectivity index (χ0v) is 15.5. The second-order valence-corrected chi connectivity index (χ2v) is 8.04. The Morgan fingerprint density at radius 3 is 2.26 bits per heavy atom. The molecule has 6 nitrogen and oxygen atoms in total. The van der Waals surface area contributed by atoms with Gasteiger partial charge in [0, 0.05) is 17.8 Å². The third-order valence-electron chi connectivity index (χ3n) is 4.43. The number of hydrogen-bond acceptors (Lipinski definition) is 4. The Kier molecular flexibility index (Phi) is 4.92. The summed E-state index contributed by atoms with van der Waals surface area (Å²) in [7, 11) is 0. The monoisotopic (exact) mass is 318 g/mol. The van der Waals surface area contributed by atoms with Crippen molar-refractivity contribution in [3.63, 3.8) is 0 Å². The summed E-state index contributed by atoms with van der Waals surface area (Å²) in [5, 5.41) is 17.1. The van der Waals surface area contributed by atoms with Gasteiger partial charge >= 0.3 is 0 Å². The van der Waals surface area contributed by atoms with Crippen LogP contribution in [-0.4, -0.2) is 30.0 Å². The molecular formula is C17H30N6. The zero-order valence-electron chi connectivity index (χ0n) is 15.5. The number of nitrogens with zero attached hydrogens (tertiary/aromatic N) is 6. The zero-order chi connectivity index (χ0) is 17.3. The smallest absolute Gasteiger partial charge is 0.0880 e. The van der Waals surface area contributed by atoms with E-state index in [4.69, 9.17) is 0 Å². The first kappa shape index (κ1) is 17.6. The normalized spacial score (nSPS) is 14.2. The van der Waals surface area contributed by atoms with Gasteiger partial charge in [0.05, 0.1) is 23.0 Å². The molecule has 0 aliphatic rings. The fourth-order valence-corrected chi connectivity index (χ4v) is 2.40. The first-order valence-corrected chi connectivity index (χ1v) is 8.47. The molecule has 0 radical (unpaired) electrons. The minimum absolute atomic E-state index is 0.0267. The fraction of sp³-hybridized carbons (Fsp3) is 0.765. The summed E-state index contributed by atoms with van der Waals surface area (Å²) in [5.41, 5.74) is 2.03. The Balaban J connectivity index is 2.01. The van der Waals surface area contributed by atoms with E-state index in [0.29, 0.717) is 6.04 Å². The van der Waals surface area contributed by atoms with Crippen LogP contribution in [0, 0.1) is 0 Å². The highest BCUT2D eigenvalue weighted by Gasteiger charge is 2.26. The molecule has 2 heterocycles. The predicted octanol–water partition coefficient (Wildman–Crippen LogP) is 3.51. The molecule has 0 spiro atoms. The molecule has 0 N–H and O–H groups in total. The Hall–Kier alpha value is -1.72. The van der Waals surface area contributed by atoms with Crippen molar-refractivity contribution in [2.24, 2.45) is 0 Å². The molecule has 1 atom stereocenters. The van der Waals surface area contributed by atoms with Crippen molar-refractivity contribution in [1.82, 2.24) is 30.0 Å². The topological polar surface area (TPSA) is 61.4 Å². The van der Waals surface area contributed by atoms with E-state index in [1.54, 1.807) is 0 Å². The highest BCUT2D eigenvalue weighted by molar-refractivity contribution is 5.07. The fourth-order valence-electron chi connectivity index (χ4n) is 2.40. The number of aryl methyl sites for hydroxylation is 1. The first-order valence-electron chi connectivity index (χ1n) is 8.47. The minimum Gasteiger partial charge on any atom is -0.250 e. The lowest BCUT2D eigenvalue weighted by atomic mass is 9.92. The van der Waals surface area contributed by atoms with E-state index >= 15 is 0 Å². The summed E-state index contributed by atoms with van der Waals surface area (Å²) in [6, 6.07) is 0.327. The number of rotatable bonds is 6. The molecule has 0 fully saturated rings. The molecule has 0 bridgehead atoms. The molecule has 0 aliphatic heterocycles. The molecule has 23 heavy (non-hydrogen) atoms. The average molecular weight is 318 g/mol. The van der Waals surface area contributed by atoms with Crippen molar-refractivity contribution in [3.05, 3.63) is 23.8 Å². The SMILES string of the molecule is CCc1cn([C@@H](C)CCC(C)(C)n2cc(C(C)(C)C)nn2)nn1. The second kappa shape index (κ2) is 6.42. The van der Waals surface area contributed by atoms with Gasteiger partial charge in [-0.1, -0.05) is 38.1 Å². The molecule has 0 saturated carbocycles. The highest BCUT2D eigenvalue weighted by atomic mass is 15.5. The maximum Gasteiger partial charge on any atom is 0.0880 e. The Morgan fingerprint density at radius 2 is 1.74 bits per heavy atom. The quantitative estimate of drug-likeness (QED) is 0.817. The number of aromatic nitrogens is 6. The lowest BCUT2D eigenvalue weighted by Crippen LogP contribution is -2.28. The molecular weight excluding hydrogens is 288 g/mol. The van der Waals surface area contributed by atoms with Gasteiger partial charge in [-0.15, -0.1) is 10.2 Å². The summed E-state index contributed by atoms with van der Waals surface area (Å²) < 4.78 is 3.97. The van der Waals surface area contributed by atoms with Gasteiger partial charge in [0.25, 0.3) is 0 Å². The molecule has 128 valence electrons. The number of hydrogen-bond donors (Lipinski definition) is 0. The first-order chi connectivity index (χ1) is 10.6. The van der Waals surface area contributed by atoms with Crippen molar-refractivity contribution in [1.29, 1.82) is 0 Å². The summed E-state index contributed by atoms with van der Waals surface area (Å²) >= 11 is 0. The second-order valence-electron chi connectivity index (χ2n) is 8.04. The van der Waals surface area contributed by atoms with Crippen LogP contribution < -0.4 is 0 Å². The summed E-state index contributed by atoms with van der Waals surface area (Å²) in [4.78, 5) is 0. The van der Waals surface area contributed by atoms with Crippen molar-refractivity contribution in [3.8, 4) is 0 Å².